The van der Waals surface area contributed by atoms with Gasteiger partial charge in [0, 0.05) is 29.0 Å². The molecule has 2 N–H and O–H groups in total. The largest absolute Gasteiger partial charge is 0.353 e. The molecule has 1 heterocycles. The van der Waals surface area contributed by atoms with Gasteiger partial charge in [0.05, 0.1) is 5.56 Å². The number of H-pyrrole nitrogens is 1. The smallest absolute Gasteiger partial charge is 0.273 e. The van der Waals surface area contributed by atoms with E-state index in [9.17, 15) is 26.4 Å². The maximum absolute atomic E-state index is 13.4. The van der Waals surface area contributed by atoms with E-state index in [1.807, 2.05) is 0 Å². The Labute approximate surface area is 140 Å². The van der Waals surface area contributed by atoms with E-state index in [-0.39, 0.29) is 22.0 Å². The lowest BCUT2D eigenvalue weighted by Crippen LogP contribution is -2.15. The number of alkyl halides is 2. The van der Waals surface area contributed by atoms with E-state index in [2.05, 4.69) is 10.3 Å². The number of aromatic amines is 1. The number of rotatable bonds is 4. The molecule has 5 nitrogen and oxygen atoms in total. The van der Waals surface area contributed by atoms with Crippen LogP contribution in [-0.4, -0.2) is 19.3 Å². The predicted octanol–water partition coefficient (Wildman–Crippen LogP) is 3.75. The molecule has 0 aliphatic rings. The molecule has 10 heteroatoms. The van der Waals surface area contributed by atoms with Gasteiger partial charge in [-0.15, -0.1) is 0 Å². The van der Waals surface area contributed by atoms with Crippen LogP contribution in [0.3, 0.4) is 0 Å². The van der Waals surface area contributed by atoms with Crippen LogP contribution in [0.4, 0.5) is 18.9 Å². The number of amides is 1. The third kappa shape index (κ3) is 3.90. The molecule has 2 aromatic rings. The molecule has 1 aromatic carbocycles. The number of benzene rings is 1. The molecular formula is C14H12ClF3N2O3S. The van der Waals surface area contributed by atoms with Crippen molar-refractivity contribution in [3.63, 3.8) is 0 Å². The number of anilines is 1. The Kier molecular flexibility index (Phi) is 4.69. The Morgan fingerprint density at radius 1 is 1.29 bits per heavy atom. The number of aromatic nitrogens is 1. The molecule has 0 fully saturated rings. The minimum atomic E-state index is -4.04. The first-order valence-electron chi connectivity index (χ1n) is 6.53. The summed E-state index contributed by atoms with van der Waals surface area (Å²) < 4.78 is 62.7. The summed E-state index contributed by atoms with van der Waals surface area (Å²) in [6, 6.07) is 3.74. The third-order valence-electron chi connectivity index (χ3n) is 3.17. The minimum Gasteiger partial charge on any atom is -0.353 e. The second kappa shape index (κ2) is 6.14. The van der Waals surface area contributed by atoms with Crippen molar-refractivity contribution in [3.05, 3.63) is 47.0 Å². The molecule has 0 radical (unpaired) electrons. The number of carbonyl (C=O) groups is 1. The van der Waals surface area contributed by atoms with Crippen molar-refractivity contribution < 1.29 is 26.4 Å². The summed E-state index contributed by atoms with van der Waals surface area (Å²) in [4.78, 5) is 14.4. The second-order valence-electron chi connectivity index (χ2n) is 5.15. The van der Waals surface area contributed by atoms with E-state index in [0.29, 0.717) is 6.92 Å². The molecule has 1 amide bonds. The standard InChI is InChI=1S/C14H12ClF3N2O3S/c1-7-12(24(15,22)23)6-11(19-7)13(21)20-8-3-4-10(16)9(5-8)14(2,17)18/h3-6,19H,1-2H3,(H,20,21). The SMILES string of the molecule is Cc1[nH]c(C(=O)Nc2ccc(F)c(C(C)(F)F)c2)cc1S(=O)(=O)Cl. The summed E-state index contributed by atoms with van der Waals surface area (Å²) in [5.74, 6) is -5.32. The number of hydrogen-bond donors (Lipinski definition) is 2. The quantitative estimate of drug-likeness (QED) is 0.793. The number of carbonyl (C=O) groups excluding carboxylic acids is 1. The van der Waals surface area contributed by atoms with Gasteiger partial charge in [-0.3, -0.25) is 4.79 Å². The molecule has 0 saturated carbocycles. The van der Waals surface area contributed by atoms with Crippen LogP contribution in [0.2, 0.25) is 0 Å². The van der Waals surface area contributed by atoms with Crippen LogP contribution in [0.1, 0.15) is 28.7 Å². The molecule has 0 aliphatic carbocycles. The monoisotopic (exact) mass is 380 g/mol. The highest BCUT2D eigenvalue weighted by Gasteiger charge is 2.28. The summed E-state index contributed by atoms with van der Waals surface area (Å²) in [5.41, 5.74) is -0.927. The number of nitrogens with one attached hydrogen (secondary N) is 2. The summed E-state index contributed by atoms with van der Waals surface area (Å²) in [6.45, 7) is 1.93. The summed E-state index contributed by atoms with van der Waals surface area (Å²) in [5, 5.41) is 2.28. The predicted molar refractivity (Wildman–Crippen MR) is 82.5 cm³/mol. The van der Waals surface area contributed by atoms with Gasteiger partial charge in [0.25, 0.3) is 20.9 Å². The fourth-order valence-electron chi connectivity index (χ4n) is 2.05. The van der Waals surface area contributed by atoms with Gasteiger partial charge in [0.2, 0.25) is 0 Å². The van der Waals surface area contributed by atoms with Crippen molar-refractivity contribution in [1.82, 2.24) is 4.98 Å². The number of hydrogen-bond acceptors (Lipinski definition) is 3. The van der Waals surface area contributed by atoms with E-state index in [1.165, 1.54) is 6.92 Å². The van der Waals surface area contributed by atoms with Gasteiger partial charge in [0.1, 0.15) is 16.4 Å². The topological polar surface area (TPSA) is 79.0 Å². The van der Waals surface area contributed by atoms with Crippen LogP contribution in [0.15, 0.2) is 29.2 Å². The molecule has 24 heavy (non-hydrogen) atoms. The molecule has 0 saturated heterocycles. The molecule has 0 bridgehead atoms. The Morgan fingerprint density at radius 2 is 1.92 bits per heavy atom. The van der Waals surface area contributed by atoms with Crippen LogP contribution in [0.25, 0.3) is 0 Å². The Hall–Kier alpha value is -2.00. The van der Waals surface area contributed by atoms with E-state index >= 15 is 0 Å². The lowest BCUT2D eigenvalue weighted by Gasteiger charge is -2.13. The van der Waals surface area contributed by atoms with Crippen molar-refractivity contribution in [1.29, 1.82) is 0 Å². The van der Waals surface area contributed by atoms with E-state index in [1.54, 1.807) is 0 Å². The zero-order valence-electron chi connectivity index (χ0n) is 12.5. The fourth-order valence-corrected chi connectivity index (χ4v) is 3.21. The zero-order chi connectivity index (χ0) is 18.3. The van der Waals surface area contributed by atoms with Gasteiger partial charge in [0.15, 0.2) is 0 Å². The van der Waals surface area contributed by atoms with Gasteiger partial charge >= 0.3 is 0 Å². The van der Waals surface area contributed by atoms with E-state index < -0.39 is 32.3 Å². The Bertz CT molecular complexity index is 904. The Balaban J connectivity index is 2.31. The van der Waals surface area contributed by atoms with E-state index in [0.717, 1.165) is 24.3 Å². The van der Waals surface area contributed by atoms with Crippen molar-refractivity contribution in [2.45, 2.75) is 24.7 Å². The summed E-state index contributed by atoms with van der Waals surface area (Å²) in [6.07, 6.45) is 0. The highest BCUT2D eigenvalue weighted by atomic mass is 35.7. The normalized spacial score (nSPS) is 12.2. The molecule has 0 spiro atoms. The highest BCUT2D eigenvalue weighted by molar-refractivity contribution is 8.13. The molecular weight excluding hydrogens is 369 g/mol. The van der Waals surface area contributed by atoms with Crippen molar-refractivity contribution in [2.24, 2.45) is 0 Å². The van der Waals surface area contributed by atoms with Gasteiger partial charge in [-0.1, -0.05) is 0 Å². The molecule has 130 valence electrons. The zero-order valence-corrected chi connectivity index (χ0v) is 14.0. The number of halogens is 4. The van der Waals surface area contributed by atoms with Crippen molar-refractivity contribution in [3.8, 4) is 0 Å². The first-order valence-corrected chi connectivity index (χ1v) is 8.84. The van der Waals surface area contributed by atoms with Crippen LogP contribution >= 0.6 is 10.7 Å². The van der Waals surface area contributed by atoms with Gasteiger partial charge < -0.3 is 10.3 Å². The van der Waals surface area contributed by atoms with Crippen LogP contribution < -0.4 is 5.32 Å². The van der Waals surface area contributed by atoms with Crippen molar-refractivity contribution >= 4 is 31.3 Å². The third-order valence-corrected chi connectivity index (χ3v) is 4.62. The lowest BCUT2D eigenvalue weighted by atomic mass is 10.1. The average Bonchev–Trinajstić information content (AvgIpc) is 2.82. The van der Waals surface area contributed by atoms with Gasteiger partial charge in [-0.2, -0.15) is 0 Å². The van der Waals surface area contributed by atoms with Gasteiger partial charge in [-0.25, -0.2) is 21.6 Å². The van der Waals surface area contributed by atoms with Crippen LogP contribution in [0, 0.1) is 12.7 Å². The summed E-state index contributed by atoms with van der Waals surface area (Å²) >= 11 is 0. The maximum atomic E-state index is 13.4. The molecule has 1 aromatic heterocycles. The summed E-state index contributed by atoms with van der Waals surface area (Å²) in [7, 11) is 1.19. The highest BCUT2D eigenvalue weighted by Crippen LogP contribution is 2.31. The molecule has 0 aliphatic heterocycles. The van der Waals surface area contributed by atoms with Crippen LogP contribution in [-0.2, 0) is 15.0 Å². The minimum absolute atomic E-state index is 0.0690. The Morgan fingerprint density at radius 3 is 2.42 bits per heavy atom. The lowest BCUT2D eigenvalue weighted by molar-refractivity contribution is 0.0138. The first-order chi connectivity index (χ1) is 10.9. The van der Waals surface area contributed by atoms with Crippen molar-refractivity contribution in [2.75, 3.05) is 5.32 Å². The second-order valence-corrected chi connectivity index (χ2v) is 7.68. The number of aryl methyl sites for hydroxylation is 1. The first kappa shape index (κ1) is 18.3. The molecule has 0 unspecified atom stereocenters. The molecule has 2 rings (SSSR count). The maximum Gasteiger partial charge on any atom is 0.273 e. The van der Waals surface area contributed by atoms with Crippen LogP contribution in [0.5, 0.6) is 0 Å². The van der Waals surface area contributed by atoms with E-state index in [4.69, 9.17) is 10.7 Å². The molecule has 0 atom stereocenters. The van der Waals surface area contributed by atoms with Gasteiger partial charge in [-0.05, 0) is 31.2 Å². The average molecular weight is 381 g/mol. The fraction of sp³-hybridized carbons (Fsp3) is 0.214.